The molecule has 1 aromatic heterocycles. The van der Waals surface area contributed by atoms with Crippen molar-refractivity contribution in [1.82, 2.24) is 4.98 Å². The Kier molecular flexibility index (Phi) is 5.44. The van der Waals surface area contributed by atoms with Crippen LogP contribution in [0, 0.1) is 0 Å². The molecular formula is C18H14Cl2N2O4. The van der Waals surface area contributed by atoms with Crippen molar-refractivity contribution in [2.75, 3.05) is 5.32 Å². The highest BCUT2D eigenvalue weighted by molar-refractivity contribution is 6.44. The Labute approximate surface area is 159 Å². The van der Waals surface area contributed by atoms with Gasteiger partial charge >= 0.3 is 5.97 Å². The minimum atomic E-state index is -0.981. The lowest BCUT2D eigenvalue weighted by molar-refractivity contribution is -0.124. The number of halogens is 2. The summed E-state index contributed by atoms with van der Waals surface area (Å²) in [5, 5.41) is 3.16. The van der Waals surface area contributed by atoms with Gasteiger partial charge in [0.2, 0.25) is 0 Å². The highest BCUT2D eigenvalue weighted by Gasteiger charge is 2.23. The van der Waals surface area contributed by atoms with Crippen LogP contribution in [-0.4, -0.2) is 23.0 Å². The summed E-state index contributed by atoms with van der Waals surface area (Å²) >= 11 is 12.0. The van der Waals surface area contributed by atoms with Crippen LogP contribution in [0.15, 0.2) is 47.2 Å². The standard InChI is InChI=1S/C18H14Cl2N2O4/c1-2-14(17(23)22-12-5-3-4-11(19)16(12)20)26-18(24)10-6-7-15-13(8-10)21-9-25-15/h3-9,14H,2H2,1H3,(H,22,23). The molecule has 1 atom stereocenters. The molecule has 0 spiro atoms. The molecule has 1 unspecified atom stereocenters. The van der Waals surface area contributed by atoms with E-state index in [1.54, 1.807) is 43.3 Å². The molecule has 2 aromatic carbocycles. The van der Waals surface area contributed by atoms with Gasteiger partial charge in [0, 0.05) is 0 Å². The summed E-state index contributed by atoms with van der Waals surface area (Å²) in [7, 11) is 0. The van der Waals surface area contributed by atoms with E-state index in [-0.39, 0.29) is 10.6 Å². The van der Waals surface area contributed by atoms with Crippen molar-refractivity contribution in [3.05, 3.63) is 58.4 Å². The van der Waals surface area contributed by atoms with Crippen LogP contribution in [0.2, 0.25) is 10.0 Å². The van der Waals surface area contributed by atoms with E-state index in [2.05, 4.69) is 10.3 Å². The van der Waals surface area contributed by atoms with E-state index < -0.39 is 18.0 Å². The number of rotatable bonds is 5. The van der Waals surface area contributed by atoms with E-state index in [9.17, 15) is 9.59 Å². The molecule has 0 fully saturated rings. The molecule has 3 rings (SSSR count). The van der Waals surface area contributed by atoms with Crippen LogP contribution in [0.5, 0.6) is 0 Å². The maximum Gasteiger partial charge on any atom is 0.338 e. The highest BCUT2D eigenvalue weighted by Crippen LogP contribution is 2.29. The van der Waals surface area contributed by atoms with Gasteiger partial charge in [0.15, 0.2) is 18.1 Å². The summed E-state index contributed by atoms with van der Waals surface area (Å²) in [6.45, 7) is 1.73. The van der Waals surface area contributed by atoms with E-state index in [0.717, 1.165) is 0 Å². The number of nitrogens with one attached hydrogen (secondary N) is 1. The number of carbonyl (C=O) groups is 2. The summed E-state index contributed by atoms with van der Waals surface area (Å²) in [5.41, 5.74) is 1.71. The Morgan fingerprint density at radius 3 is 2.85 bits per heavy atom. The van der Waals surface area contributed by atoms with Gasteiger partial charge in [-0.2, -0.15) is 0 Å². The van der Waals surface area contributed by atoms with Crippen LogP contribution in [0.3, 0.4) is 0 Å². The molecule has 0 saturated heterocycles. The van der Waals surface area contributed by atoms with Gasteiger partial charge in [0.05, 0.1) is 21.3 Å². The van der Waals surface area contributed by atoms with E-state index in [4.69, 9.17) is 32.4 Å². The van der Waals surface area contributed by atoms with Crippen molar-refractivity contribution in [3.8, 4) is 0 Å². The van der Waals surface area contributed by atoms with E-state index in [1.165, 1.54) is 6.39 Å². The van der Waals surface area contributed by atoms with Gasteiger partial charge in [0.25, 0.3) is 5.91 Å². The number of esters is 1. The minimum absolute atomic E-state index is 0.222. The second kappa shape index (κ2) is 7.76. The number of oxazole rings is 1. The fourth-order valence-corrected chi connectivity index (χ4v) is 2.67. The highest BCUT2D eigenvalue weighted by atomic mass is 35.5. The quantitative estimate of drug-likeness (QED) is 0.635. The third-order valence-electron chi connectivity index (χ3n) is 3.69. The average Bonchev–Trinajstić information content (AvgIpc) is 3.10. The van der Waals surface area contributed by atoms with Gasteiger partial charge < -0.3 is 14.5 Å². The van der Waals surface area contributed by atoms with Crippen LogP contribution < -0.4 is 5.32 Å². The van der Waals surface area contributed by atoms with E-state index in [1.807, 2.05) is 0 Å². The molecule has 0 radical (unpaired) electrons. The molecule has 1 N–H and O–H groups in total. The largest absolute Gasteiger partial charge is 0.449 e. The molecule has 0 aliphatic carbocycles. The molecule has 0 bridgehead atoms. The summed E-state index contributed by atoms with van der Waals surface area (Å²) in [4.78, 5) is 28.8. The van der Waals surface area contributed by atoms with Crippen molar-refractivity contribution in [2.24, 2.45) is 0 Å². The van der Waals surface area contributed by atoms with E-state index in [0.29, 0.717) is 28.2 Å². The number of carbonyl (C=O) groups excluding carboxylic acids is 2. The fraction of sp³-hybridized carbons (Fsp3) is 0.167. The molecule has 3 aromatic rings. The monoisotopic (exact) mass is 392 g/mol. The number of hydrogen-bond acceptors (Lipinski definition) is 5. The third kappa shape index (κ3) is 3.81. The van der Waals surface area contributed by atoms with Gasteiger partial charge in [-0.15, -0.1) is 0 Å². The summed E-state index contributed by atoms with van der Waals surface area (Å²) in [6.07, 6.45) is 0.601. The van der Waals surface area contributed by atoms with Crippen LogP contribution in [0.25, 0.3) is 11.1 Å². The number of benzene rings is 2. The number of anilines is 1. The van der Waals surface area contributed by atoms with Gasteiger partial charge in [-0.3, -0.25) is 4.79 Å². The normalized spacial score (nSPS) is 12.0. The molecule has 0 saturated carbocycles. The number of nitrogens with zero attached hydrogens (tertiary/aromatic N) is 1. The van der Waals surface area contributed by atoms with Crippen LogP contribution in [0.1, 0.15) is 23.7 Å². The summed E-state index contributed by atoms with van der Waals surface area (Å²) < 4.78 is 10.5. The smallest absolute Gasteiger partial charge is 0.338 e. The van der Waals surface area contributed by atoms with Crippen molar-refractivity contribution in [2.45, 2.75) is 19.4 Å². The lowest BCUT2D eigenvalue weighted by Crippen LogP contribution is -2.32. The van der Waals surface area contributed by atoms with Crippen LogP contribution in [-0.2, 0) is 9.53 Å². The van der Waals surface area contributed by atoms with Gasteiger partial charge in [-0.25, -0.2) is 9.78 Å². The number of ether oxygens (including phenoxy) is 1. The first kappa shape index (κ1) is 18.2. The SMILES string of the molecule is CCC(OC(=O)c1ccc2ocnc2c1)C(=O)Nc1cccc(Cl)c1Cl. The molecule has 1 heterocycles. The molecule has 8 heteroatoms. The lowest BCUT2D eigenvalue weighted by Gasteiger charge is -2.17. The molecular weight excluding hydrogens is 379 g/mol. The Bertz CT molecular complexity index is 971. The predicted octanol–water partition coefficient (Wildman–Crippen LogP) is 4.71. The molecule has 1 amide bonds. The molecule has 0 aliphatic heterocycles. The first-order valence-corrected chi connectivity index (χ1v) is 8.54. The van der Waals surface area contributed by atoms with Gasteiger partial charge in [0.1, 0.15) is 5.52 Å². The summed E-state index contributed by atoms with van der Waals surface area (Å²) in [6, 6.07) is 9.58. The number of hydrogen-bond donors (Lipinski definition) is 1. The second-order valence-corrected chi connectivity index (χ2v) is 6.21. The Balaban J connectivity index is 1.72. The van der Waals surface area contributed by atoms with Crippen molar-refractivity contribution in [1.29, 1.82) is 0 Å². The Hall–Kier alpha value is -2.57. The fourth-order valence-electron chi connectivity index (χ4n) is 2.32. The van der Waals surface area contributed by atoms with Gasteiger partial charge in [-0.1, -0.05) is 36.2 Å². The number of amides is 1. The van der Waals surface area contributed by atoms with Crippen LogP contribution in [0.4, 0.5) is 5.69 Å². The molecule has 0 aliphatic rings. The van der Waals surface area contributed by atoms with E-state index >= 15 is 0 Å². The zero-order valence-electron chi connectivity index (χ0n) is 13.7. The molecule has 6 nitrogen and oxygen atoms in total. The van der Waals surface area contributed by atoms with Crippen molar-refractivity contribution in [3.63, 3.8) is 0 Å². The van der Waals surface area contributed by atoms with Crippen molar-refractivity contribution < 1.29 is 18.7 Å². The third-order valence-corrected chi connectivity index (χ3v) is 4.51. The zero-order valence-corrected chi connectivity index (χ0v) is 15.2. The zero-order chi connectivity index (χ0) is 18.7. The minimum Gasteiger partial charge on any atom is -0.449 e. The molecule has 26 heavy (non-hydrogen) atoms. The Morgan fingerprint density at radius 1 is 1.27 bits per heavy atom. The maximum atomic E-state index is 12.4. The van der Waals surface area contributed by atoms with Gasteiger partial charge in [-0.05, 0) is 36.8 Å². The molecule has 134 valence electrons. The first-order chi connectivity index (χ1) is 12.5. The Morgan fingerprint density at radius 2 is 2.08 bits per heavy atom. The average molecular weight is 393 g/mol. The van der Waals surface area contributed by atoms with Crippen molar-refractivity contribution >= 4 is 51.9 Å². The topological polar surface area (TPSA) is 81.4 Å². The summed E-state index contributed by atoms with van der Waals surface area (Å²) in [5.74, 6) is -1.12. The number of aromatic nitrogens is 1. The lowest BCUT2D eigenvalue weighted by atomic mass is 10.2. The predicted molar refractivity (Wildman–Crippen MR) is 98.6 cm³/mol. The maximum absolute atomic E-state index is 12.4. The first-order valence-electron chi connectivity index (χ1n) is 7.78. The van der Waals surface area contributed by atoms with Crippen LogP contribution >= 0.6 is 23.2 Å². The number of fused-ring (bicyclic) bond motifs is 1. The second-order valence-electron chi connectivity index (χ2n) is 5.43.